The predicted octanol–water partition coefficient (Wildman–Crippen LogP) is 1.50. The van der Waals surface area contributed by atoms with Crippen LogP contribution in [0.5, 0.6) is 5.75 Å². The highest BCUT2D eigenvalue weighted by Gasteiger charge is 2.19. The monoisotopic (exact) mass is 266 g/mol. The molecule has 0 aromatic heterocycles. The summed E-state index contributed by atoms with van der Waals surface area (Å²) in [6, 6.07) is 6.58. The molecule has 1 aromatic carbocycles. The Labute approximate surface area is 111 Å². The van der Waals surface area contributed by atoms with Crippen molar-refractivity contribution in [2.45, 2.75) is 26.4 Å². The molecule has 0 heterocycles. The van der Waals surface area contributed by atoms with Gasteiger partial charge in [-0.1, -0.05) is 12.1 Å². The molecule has 19 heavy (non-hydrogen) atoms. The van der Waals surface area contributed by atoms with E-state index in [0.717, 1.165) is 0 Å². The average Bonchev–Trinajstić information content (AvgIpc) is 2.44. The van der Waals surface area contributed by atoms with Gasteiger partial charge in [-0.15, -0.1) is 0 Å². The third-order valence-corrected chi connectivity index (χ3v) is 2.46. The van der Waals surface area contributed by atoms with E-state index in [9.17, 15) is 4.79 Å². The molecule has 104 valence electrons. The molecule has 0 saturated heterocycles. The molecule has 0 amide bonds. The van der Waals surface area contributed by atoms with Crippen molar-refractivity contribution in [3.63, 3.8) is 0 Å². The van der Waals surface area contributed by atoms with E-state index in [4.69, 9.17) is 20.4 Å². The number of oxime groups is 1. The van der Waals surface area contributed by atoms with E-state index in [1.807, 2.05) is 6.92 Å². The lowest BCUT2D eigenvalue weighted by Crippen LogP contribution is -2.28. The van der Waals surface area contributed by atoms with Crippen LogP contribution in [0, 0.1) is 0 Å². The first-order valence-corrected chi connectivity index (χ1v) is 6.03. The van der Waals surface area contributed by atoms with Crippen molar-refractivity contribution in [2.24, 2.45) is 10.9 Å². The molecule has 1 rings (SSSR count). The topological polar surface area (TPSA) is 94.1 Å². The number of ether oxygens (including phenoxy) is 2. The molecule has 1 atom stereocenters. The van der Waals surface area contributed by atoms with Crippen LogP contribution < -0.4 is 10.5 Å². The number of amidine groups is 1. The largest absolute Gasteiger partial charge is 0.479 e. The molecule has 0 saturated carbocycles. The number of benzene rings is 1. The number of carbonyl (C=O) groups excluding carboxylic acids is 1. The molecule has 0 bridgehead atoms. The van der Waals surface area contributed by atoms with Gasteiger partial charge in [-0.25, -0.2) is 4.79 Å². The van der Waals surface area contributed by atoms with E-state index in [-0.39, 0.29) is 11.8 Å². The summed E-state index contributed by atoms with van der Waals surface area (Å²) in [6.07, 6.45) is -0.115. The van der Waals surface area contributed by atoms with Crippen molar-refractivity contribution in [1.82, 2.24) is 0 Å². The van der Waals surface area contributed by atoms with Crippen molar-refractivity contribution in [3.8, 4) is 5.75 Å². The minimum absolute atomic E-state index is 0.0176. The first kappa shape index (κ1) is 14.8. The molecule has 1 aromatic rings. The zero-order valence-corrected chi connectivity index (χ0v) is 11.0. The molecule has 0 spiro atoms. The second-order valence-corrected chi connectivity index (χ2v) is 3.78. The quantitative estimate of drug-likeness (QED) is 0.267. The van der Waals surface area contributed by atoms with Gasteiger partial charge in [-0.3, -0.25) is 0 Å². The lowest BCUT2D eigenvalue weighted by atomic mass is 10.2. The summed E-state index contributed by atoms with van der Waals surface area (Å²) in [5.41, 5.74) is 6.01. The van der Waals surface area contributed by atoms with E-state index in [1.54, 1.807) is 31.2 Å². The van der Waals surface area contributed by atoms with Crippen molar-refractivity contribution >= 4 is 11.8 Å². The fourth-order valence-electron chi connectivity index (χ4n) is 1.46. The Hall–Kier alpha value is -2.24. The number of hydrogen-bond acceptors (Lipinski definition) is 5. The van der Waals surface area contributed by atoms with Crippen LogP contribution in [-0.4, -0.2) is 29.7 Å². The van der Waals surface area contributed by atoms with Gasteiger partial charge in [-0.05, 0) is 37.6 Å². The molecule has 0 radical (unpaired) electrons. The van der Waals surface area contributed by atoms with E-state index in [2.05, 4.69) is 5.16 Å². The number of rotatable bonds is 6. The fourth-order valence-corrected chi connectivity index (χ4v) is 1.46. The summed E-state index contributed by atoms with van der Waals surface area (Å²) in [7, 11) is 0. The van der Waals surface area contributed by atoms with E-state index < -0.39 is 6.10 Å². The molecule has 0 aliphatic rings. The van der Waals surface area contributed by atoms with E-state index in [1.165, 1.54) is 0 Å². The second-order valence-electron chi connectivity index (χ2n) is 3.78. The van der Waals surface area contributed by atoms with E-state index in [0.29, 0.717) is 24.3 Å². The number of nitrogens with zero attached hydrogens (tertiary/aromatic N) is 1. The third kappa shape index (κ3) is 4.17. The lowest BCUT2D eigenvalue weighted by Gasteiger charge is -2.16. The van der Waals surface area contributed by atoms with Gasteiger partial charge in [0, 0.05) is 5.56 Å². The smallest absolute Gasteiger partial charge is 0.347 e. The molecule has 0 aliphatic heterocycles. The Morgan fingerprint density at radius 3 is 2.47 bits per heavy atom. The third-order valence-electron chi connectivity index (χ3n) is 2.46. The summed E-state index contributed by atoms with van der Waals surface area (Å²) in [5.74, 6) is 0.156. The average molecular weight is 266 g/mol. The van der Waals surface area contributed by atoms with Gasteiger partial charge in [0.25, 0.3) is 0 Å². The van der Waals surface area contributed by atoms with Gasteiger partial charge in [0.2, 0.25) is 0 Å². The minimum Gasteiger partial charge on any atom is -0.479 e. The molecule has 0 fully saturated rings. The highest BCUT2D eigenvalue weighted by Crippen LogP contribution is 2.15. The maximum Gasteiger partial charge on any atom is 0.347 e. The Balaban J connectivity index is 2.73. The molecule has 0 aliphatic carbocycles. The van der Waals surface area contributed by atoms with Gasteiger partial charge < -0.3 is 20.4 Å². The second kappa shape index (κ2) is 7.25. The molecular weight excluding hydrogens is 248 g/mol. The Morgan fingerprint density at radius 1 is 1.37 bits per heavy atom. The van der Waals surface area contributed by atoms with Crippen LogP contribution in [-0.2, 0) is 9.53 Å². The normalized spacial score (nSPS) is 12.8. The number of carbonyl (C=O) groups is 1. The van der Waals surface area contributed by atoms with Crippen LogP contribution >= 0.6 is 0 Å². The Morgan fingerprint density at radius 2 is 2.00 bits per heavy atom. The van der Waals surface area contributed by atoms with Gasteiger partial charge >= 0.3 is 5.97 Å². The van der Waals surface area contributed by atoms with Crippen LogP contribution in [0.25, 0.3) is 0 Å². The highest BCUT2D eigenvalue weighted by atomic mass is 16.6. The molecule has 6 heteroatoms. The Bertz CT molecular complexity index is 442. The SMILES string of the molecule is CCOC(=O)C(CC)Oc1ccc(/C(N)=N/O)cc1. The van der Waals surface area contributed by atoms with Crippen LogP contribution in [0.2, 0.25) is 0 Å². The molecule has 3 N–H and O–H groups in total. The Kier molecular flexibility index (Phi) is 5.66. The molecular formula is C13H18N2O4. The van der Waals surface area contributed by atoms with Crippen molar-refractivity contribution in [3.05, 3.63) is 29.8 Å². The summed E-state index contributed by atoms with van der Waals surface area (Å²) < 4.78 is 10.4. The predicted molar refractivity (Wildman–Crippen MR) is 70.3 cm³/mol. The number of hydrogen-bond donors (Lipinski definition) is 2. The van der Waals surface area contributed by atoms with Crippen molar-refractivity contribution in [2.75, 3.05) is 6.61 Å². The standard InChI is InChI=1S/C13H18N2O4/c1-3-11(13(16)18-4-2)19-10-7-5-9(6-8-10)12(14)15-17/h5-8,11,17H,3-4H2,1-2H3,(H2,14,15). The van der Waals surface area contributed by atoms with Crippen molar-refractivity contribution < 1.29 is 19.5 Å². The van der Waals surface area contributed by atoms with E-state index >= 15 is 0 Å². The first-order valence-electron chi connectivity index (χ1n) is 6.03. The van der Waals surface area contributed by atoms with Gasteiger partial charge in [0.1, 0.15) is 5.75 Å². The molecule has 1 unspecified atom stereocenters. The summed E-state index contributed by atoms with van der Waals surface area (Å²) in [6.45, 7) is 3.91. The maximum absolute atomic E-state index is 11.6. The summed E-state index contributed by atoms with van der Waals surface area (Å²) >= 11 is 0. The number of esters is 1. The van der Waals surface area contributed by atoms with Crippen LogP contribution in [0.3, 0.4) is 0 Å². The molecule has 6 nitrogen and oxygen atoms in total. The minimum atomic E-state index is -0.630. The zero-order valence-electron chi connectivity index (χ0n) is 11.0. The lowest BCUT2D eigenvalue weighted by molar-refractivity contribution is -0.151. The van der Waals surface area contributed by atoms with Gasteiger partial charge in [0.15, 0.2) is 11.9 Å². The fraction of sp³-hybridized carbons (Fsp3) is 0.385. The summed E-state index contributed by atoms with van der Waals surface area (Å²) in [4.78, 5) is 11.6. The number of nitrogens with two attached hydrogens (primary N) is 1. The van der Waals surface area contributed by atoms with Gasteiger partial charge in [0.05, 0.1) is 6.61 Å². The zero-order chi connectivity index (χ0) is 14.3. The van der Waals surface area contributed by atoms with Crippen LogP contribution in [0.1, 0.15) is 25.8 Å². The van der Waals surface area contributed by atoms with Gasteiger partial charge in [-0.2, -0.15) is 0 Å². The summed E-state index contributed by atoms with van der Waals surface area (Å²) in [5, 5.41) is 11.4. The van der Waals surface area contributed by atoms with Crippen LogP contribution in [0.4, 0.5) is 0 Å². The maximum atomic E-state index is 11.6. The first-order chi connectivity index (χ1) is 9.12. The highest BCUT2D eigenvalue weighted by molar-refractivity contribution is 5.97. The van der Waals surface area contributed by atoms with Crippen LogP contribution in [0.15, 0.2) is 29.4 Å². The van der Waals surface area contributed by atoms with Crippen molar-refractivity contribution in [1.29, 1.82) is 0 Å².